The molecule has 1 N–H and O–H groups in total. The lowest BCUT2D eigenvalue weighted by atomic mass is 9.96. The number of likely N-dealkylation sites (N-methyl/N-ethyl adjacent to an activating group) is 1. The largest absolute Gasteiger partial charge is 0.391 e. The van der Waals surface area contributed by atoms with Gasteiger partial charge in [0.2, 0.25) is 0 Å². The summed E-state index contributed by atoms with van der Waals surface area (Å²) in [6, 6.07) is 2.26. The molecule has 21 heavy (non-hydrogen) atoms. The number of aromatic nitrogens is 1. The summed E-state index contributed by atoms with van der Waals surface area (Å²) in [5.41, 5.74) is 5.25. The standard InChI is InChI=1S/C17H26N4/c1-4-20-7-9-21(10-8-20)17-11-13(2)15-12-14(18-3)5-6-16(15)19-17/h11-12,18H,4-10H2,1-3H3. The average molecular weight is 286 g/mol. The molecule has 2 heterocycles. The maximum absolute atomic E-state index is 4.95. The van der Waals surface area contributed by atoms with Crippen molar-refractivity contribution in [2.24, 2.45) is 0 Å². The smallest absolute Gasteiger partial charge is 0.129 e. The Morgan fingerprint density at radius 2 is 1.95 bits per heavy atom. The van der Waals surface area contributed by atoms with E-state index >= 15 is 0 Å². The van der Waals surface area contributed by atoms with Gasteiger partial charge in [0.1, 0.15) is 5.82 Å². The number of nitrogens with one attached hydrogen (secondary N) is 1. The van der Waals surface area contributed by atoms with Crippen molar-refractivity contribution in [3.05, 3.63) is 28.6 Å². The molecular formula is C17H26N4. The van der Waals surface area contributed by atoms with Gasteiger partial charge in [-0.2, -0.15) is 0 Å². The minimum atomic E-state index is 1.05. The molecule has 0 saturated carbocycles. The van der Waals surface area contributed by atoms with Crippen LogP contribution in [-0.2, 0) is 6.42 Å². The van der Waals surface area contributed by atoms with Crippen LogP contribution in [-0.4, -0.2) is 49.7 Å². The van der Waals surface area contributed by atoms with Crippen LogP contribution in [0.2, 0.25) is 0 Å². The number of hydrogen-bond acceptors (Lipinski definition) is 4. The summed E-state index contributed by atoms with van der Waals surface area (Å²) in [6.45, 7) is 10.1. The van der Waals surface area contributed by atoms with Gasteiger partial charge in [0, 0.05) is 44.5 Å². The van der Waals surface area contributed by atoms with E-state index in [-0.39, 0.29) is 0 Å². The van der Waals surface area contributed by atoms with Crippen LogP contribution >= 0.6 is 0 Å². The summed E-state index contributed by atoms with van der Waals surface area (Å²) in [6.07, 6.45) is 4.38. The number of allylic oxidation sites excluding steroid dienone is 1. The highest BCUT2D eigenvalue weighted by Gasteiger charge is 2.20. The van der Waals surface area contributed by atoms with Gasteiger partial charge in [0.15, 0.2) is 0 Å². The lowest BCUT2D eigenvalue weighted by Crippen LogP contribution is -2.46. The molecule has 1 saturated heterocycles. The predicted molar refractivity (Wildman–Crippen MR) is 88.7 cm³/mol. The zero-order valence-corrected chi connectivity index (χ0v) is 13.4. The molecule has 3 rings (SSSR count). The van der Waals surface area contributed by atoms with Gasteiger partial charge in [-0.15, -0.1) is 0 Å². The van der Waals surface area contributed by atoms with Gasteiger partial charge < -0.3 is 15.1 Å². The van der Waals surface area contributed by atoms with Gasteiger partial charge in [0.25, 0.3) is 0 Å². The van der Waals surface area contributed by atoms with Gasteiger partial charge in [-0.1, -0.05) is 6.92 Å². The molecule has 0 unspecified atom stereocenters. The van der Waals surface area contributed by atoms with Crippen LogP contribution in [0.5, 0.6) is 0 Å². The first-order chi connectivity index (χ1) is 10.2. The average Bonchev–Trinajstić information content (AvgIpc) is 2.54. The summed E-state index contributed by atoms with van der Waals surface area (Å²) in [7, 11) is 2.00. The van der Waals surface area contributed by atoms with E-state index in [0.29, 0.717) is 0 Å². The fraction of sp³-hybridized carbons (Fsp3) is 0.588. The molecule has 2 aliphatic rings. The molecule has 1 aromatic rings. The lowest BCUT2D eigenvalue weighted by molar-refractivity contribution is 0.270. The van der Waals surface area contributed by atoms with E-state index in [1.807, 2.05) is 7.05 Å². The highest BCUT2D eigenvalue weighted by Crippen LogP contribution is 2.27. The van der Waals surface area contributed by atoms with Crippen molar-refractivity contribution in [1.29, 1.82) is 0 Å². The number of nitrogens with zero attached hydrogens (tertiary/aromatic N) is 3. The van der Waals surface area contributed by atoms with Crippen molar-refractivity contribution in [3.63, 3.8) is 0 Å². The van der Waals surface area contributed by atoms with Crippen molar-refractivity contribution in [2.75, 3.05) is 44.7 Å². The van der Waals surface area contributed by atoms with Crippen molar-refractivity contribution >= 4 is 11.9 Å². The Morgan fingerprint density at radius 1 is 1.19 bits per heavy atom. The van der Waals surface area contributed by atoms with Crippen LogP contribution in [0.3, 0.4) is 0 Å². The summed E-state index contributed by atoms with van der Waals surface area (Å²) < 4.78 is 0. The van der Waals surface area contributed by atoms with Gasteiger partial charge in [-0.05, 0) is 44.0 Å². The second-order valence-electron chi connectivity index (χ2n) is 6.00. The first kappa shape index (κ1) is 14.4. The third-order valence-electron chi connectivity index (χ3n) is 4.75. The minimum absolute atomic E-state index is 1.05. The Hall–Kier alpha value is -1.55. The molecule has 0 bridgehead atoms. The molecule has 114 valence electrons. The molecule has 0 aromatic carbocycles. The zero-order chi connectivity index (χ0) is 14.8. The molecule has 1 fully saturated rings. The van der Waals surface area contributed by atoms with Crippen molar-refractivity contribution in [2.45, 2.75) is 26.7 Å². The molecule has 0 amide bonds. The Balaban J connectivity index is 1.83. The molecule has 4 heteroatoms. The Bertz CT molecular complexity index is 542. The Morgan fingerprint density at radius 3 is 2.62 bits per heavy atom. The topological polar surface area (TPSA) is 31.4 Å². The number of pyridine rings is 1. The van der Waals surface area contributed by atoms with Gasteiger partial charge in [-0.3, -0.25) is 0 Å². The fourth-order valence-electron chi connectivity index (χ4n) is 3.27. The van der Waals surface area contributed by atoms with E-state index in [0.717, 1.165) is 45.6 Å². The van der Waals surface area contributed by atoms with E-state index in [2.05, 4.69) is 41.1 Å². The zero-order valence-electron chi connectivity index (χ0n) is 13.4. The molecule has 0 radical (unpaired) electrons. The van der Waals surface area contributed by atoms with Crippen molar-refractivity contribution < 1.29 is 0 Å². The van der Waals surface area contributed by atoms with Crippen molar-refractivity contribution in [1.82, 2.24) is 15.2 Å². The molecule has 1 aromatic heterocycles. The van der Waals surface area contributed by atoms with Crippen LogP contribution in [0.1, 0.15) is 30.2 Å². The quantitative estimate of drug-likeness (QED) is 0.921. The highest BCUT2D eigenvalue weighted by molar-refractivity contribution is 5.63. The highest BCUT2D eigenvalue weighted by atomic mass is 15.3. The number of aryl methyl sites for hydroxylation is 2. The summed E-state index contributed by atoms with van der Waals surface area (Å²) in [5.74, 6) is 1.17. The first-order valence-electron chi connectivity index (χ1n) is 8.07. The number of piperazine rings is 1. The number of anilines is 1. The maximum atomic E-state index is 4.95. The Labute approximate surface area is 127 Å². The third-order valence-corrected chi connectivity index (χ3v) is 4.75. The van der Waals surface area contributed by atoms with Gasteiger partial charge in [-0.25, -0.2) is 4.98 Å². The molecule has 4 nitrogen and oxygen atoms in total. The predicted octanol–water partition coefficient (Wildman–Crippen LogP) is 2.04. The van der Waals surface area contributed by atoms with E-state index < -0.39 is 0 Å². The SMILES string of the molecule is CCN1CCN(c2cc(C)c3c(n2)CCC(NC)=C3)CC1. The second-order valence-corrected chi connectivity index (χ2v) is 6.00. The number of rotatable bonds is 3. The Kier molecular flexibility index (Phi) is 4.15. The first-order valence-corrected chi connectivity index (χ1v) is 8.07. The molecule has 1 aliphatic carbocycles. The fourth-order valence-corrected chi connectivity index (χ4v) is 3.27. The monoisotopic (exact) mass is 286 g/mol. The summed E-state index contributed by atoms with van der Waals surface area (Å²) >= 11 is 0. The maximum Gasteiger partial charge on any atom is 0.129 e. The van der Waals surface area contributed by atoms with Crippen LogP contribution in [0.4, 0.5) is 5.82 Å². The van der Waals surface area contributed by atoms with Gasteiger partial charge >= 0.3 is 0 Å². The second kappa shape index (κ2) is 6.06. The van der Waals surface area contributed by atoms with E-state index in [1.54, 1.807) is 0 Å². The molecule has 1 aliphatic heterocycles. The van der Waals surface area contributed by atoms with Crippen LogP contribution in [0.25, 0.3) is 6.08 Å². The van der Waals surface area contributed by atoms with Crippen LogP contribution in [0.15, 0.2) is 11.8 Å². The van der Waals surface area contributed by atoms with E-state index in [4.69, 9.17) is 4.98 Å². The van der Waals surface area contributed by atoms with Crippen molar-refractivity contribution in [3.8, 4) is 0 Å². The van der Waals surface area contributed by atoms with Crippen LogP contribution < -0.4 is 10.2 Å². The number of hydrogen-bond donors (Lipinski definition) is 1. The van der Waals surface area contributed by atoms with Crippen LogP contribution in [0, 0.1) is 6.92 Å². The molecule has 0 atom stereocenters. The summed E-state index contributed by atoms with van der Waals surface area (Å²) in [5, 5.41) is 3.28. The molecule has 0 spiro atoms. The normalized spacial score (nSPS) is 19.2. The third kappa shape index (κ3) is 2.91. The van der Waals surface area contributed by atoms with E-state index in [9.17, 15) is 0 Å². The van der Waals surface area contributed by atoms with Gasteiger partial charge in [0.05, 0.1) is 5.69 Å². The lowest BCUT2D eigenvalue weighted by Gasteiger charge is -2.35. The minimum Gasteiger partial charge on any atom is -0.391 e. The summed E-state index contributed by atoms with van der Waals surface area (Å²) in [4.78, 5) is 9.90. The number of fused-ring (bicyclic) bond motifs is 1. The molecular weight excluding hydrogens is 260 g/mol. The van der Waals surface area contributed by atoms with E-state index in [1.165, 1.54) is 28.3 Å².